The summed E-state index contributed by atoms with van der Waals surface area (Å²) in [6.07, 6.45) is 10.4. The van der Waals surface area contributed by atoms with Crippen molar-refractivity contribution in [3.8, 4) is 0 Å². The van der Waals surface area contributed by atoms with Crippen molar-refractivity contribution in [2.45, 2.75) is 6.42 Å². The van der Waals surface area contributed by atoms with Crippen LogP contribution in [0, 0.1) is 11.3 Å². The molecule has 2 rings (SSSR count). The molecule has 0 saturated heterocycles. The van der Waals surface area contributed by atoms with E-state index in [1.807, 2.05) is 12.2 Å². The van der Waals surface area contributed by atoms with E-state index in [0.717, 1.165) is 12.7 Å². The topological polar surface area (TPSA) is 17.1 Å². The summed E-state index contributed by atoms with van der Waals surface area (Å²) in [6.45, 7) is 0. The van der Waals surface area contributed by atoms with Gasteiger partial charge < -0.3 is 4.79 Å². The lowest BCUT2D eigenvalue weighted by Gasteiger charge is -1.94. The Labute approximate surface area is 54.1 Å². The maximum atomic E-state index is 10.3. The Balaban J connectivity index is 2.23. The van der Waals surface area contributed by atoms with E-state index in [1.54, 1.807) is 0 Å². The van der Waals surface area contributed by atoms with Crippen LogP contribution in [0.2, 0.25) is 0 Å². The van der Waals surface area contributed by atoms with Crippen molar-refractivity contribution in [3.63, 3.8) is 0 Å². The third kappa shape index (κ3) is 0.517. The third-order valence-corrected chi connectivity index (χ3v) is 2.19. The number of carbonyl (C=O) groups is 1. The van der Waals surface area contributed by atoms with Gasteiger partial charge in [0.15, 0.2) is 0 Å². The quantitative estimate of drug-likeness (QED) is 0.477. The van der Waals surface area contributed by atoms with Crippen molar-refractivity contribution in [3.05, 3.63) is 24.3 Å². The van der Waals surface area contributed by atoms with E-state index < -0.39 is 0 Å². The highest BCUT2D eigenvalue weighted by Gasteiger charge is 2.50. The van der Waals surface area contributed by atoms with Crippen LogP contribution in [0.25, 0.3) is 0 Å². The summed E-state index contributed by atoms with van der Waals surface area (Å²) in [6, 6.07) is 0. The first-order chi connectivity index (χ1) is 4.37. The largest absolute Gasteiger partial charge is 0.303 e. The van der Waals surface area contributed by atoms with Crippen LogP contribution in [0.3, 0.4) is 0 Å². The second kappa shape index (κ2) is 1.35. The molecule has 0 amide bonds. The predicted molar refractivity (Wildman–Crippen MR) is 34.9 cm³/mol. The number of allylic oxidation sites excluding steroid dienone is 4. The molecule has 0 aromatic rings. The van der Waals surface area contributed by atoms with Gasteiger partial charge in [0.1, 0.15) is 6.29 Å². The van der Waals surface area contributed by atoms with Crippen LogP contribution in [0.4, 0.5) is 0 Å². The molecule has 46 valence electrons. The van der Waals surface area contributed by atoms with Crippen molar-refractivity contribution in [1.29, 1.82) is 0 Å². The van der Waals surface area contributed by atoms with Gasteiger partial charge in [0.05, 0.1) is 0 Å². The van der Waals surface area contributed by atoms with Crippen LogP contribution >= 0.6 is 0 Å². The molecule has 1 saturated carbocycles. The van der Waals surface area contributed by atoms with Gasteiger partial charge >= 0.3 is 0 Å². The van der Waals surface area contributed by atoms with Gasteiger partial charge in [-0.2, -0.15) is 0 Å². The monoisotopic (exact) mass is 120 g/mol. The van der Waals surface area contributed by atoms with Gasteiger partial charge in [-0.3, -0.25) is 0 Å². The van der Waals surface area contributed by atoms with E-state index in [-0.39, 0.29) is 11.3 Å². The van der Waals surface area contributed by atoms with E-state index in [0.29, 0.717) is 0 Å². The van der Waals surface area contributed by atoms with Gasteiger partial charge in [0.2, 0.25) is 0 Å². The SMILES string of the molecule is O=CC1CC12C=CC=C2. The molecule has 1 spiro atoms. The van der Waals surface area contributed by atoms with E-state index in [1.165, 1.54) is 0 Å². The Kier molecular flexibility index (Phi) is 0.747. The zero-order valence-electron chi connectivity index (χ0n) is 5.08. The van der Waals surface area contributed by atoms with Gasteiger partial charge in [0.25, 0.3) is 0 Å². The lowest BCUT2D eigenvalue weighted by atomic mass is 10.1. The smallest absolute Gasteiger partial charge is 0.124 e. The van der Waals surface area contributed by atoms with Gasteiger partial charge in [0, 0.05) is 11.3 Å². The molecule has 1 unspecified atom stereocenters. The molecule has 0 bridgehead atoms. The first-order valence-electron chi connectivity index (χ1n) is 3.20. The zero-order valence-corrected chi connectivity index (χ0v) is 5.08. The average Bonchev–Trinajstić information content (AvgIpc) is 2.30. The Morgan fingerprint density at radius 1 is 1.44 bits per heavy atom. The molecule has 0 aliphatic heterocycles. The van der Waals surface area contributed by atoms with Gasteiger partial charge in [-0.05, 0) is 6.42 Å². The molecule has 1 nitrogen and oxygen atoms in total. The van der Waals surface area contributed by atoms with E-state index in [4.69, 9.17) is 0 Å². The van der Waals surface area contributed by atoms with Crippen molar-refractivity contribution in [1.82, 2.24) is 0 Å². The fraction of sp³-hybridized carbons (Fsp3) is 0.375. The van der Waals surface area contributed by atoms with Crippen LogP contribution in [0.15, 0.2) is 24.3 Å². The third-order valence-electron chi connectivity index (χ3n) is 2.19. The lowest BCUT2D eigenvalue weighted by molar-refractivity contribution is -0.109. The standard InChI is InChI=1S/C8H8O/c9-6-7-5-8(7)3-1-2-4-8/h1-4,6-7H,5H2. The van der Waals surface area contributed by atoms with Crippen LogP contribution in [-0.4, -0.2) is 6.29 Å². The van der Waals surface area contributed by atoms with Gasteiger partial charge in [-0.1, -0.05) is 24.3 Å². The summed E-state index contributed by atoms with van der Waals surface area (Å²) in [5.41, 5.74) is 0.182. The van der Waals surface area contributed by atoms with E-state index in [9.17, 15) is 4.79 Å². The Bertz CT molecular complexity index is 189. The minimum atomic E-state index is 0.182. The van der Waals surface area contributed by atoms with Gasteiger partial charge in [-0.15, -0.1) is 0 Å². The molecule has 9 heavy (non-hydrogen) atoms. The Hall–Kier alpha value is -0.850. The van der Waals surface area contributed by atoms with Crippen LogP contribution < -0.4 is 0 Å². The molecular weight excluding hydrogens is 112 g/mol. The maximum Gasteiger partial charge on any atom is 0.124 e. The second-order valence-corrected chi connectivity index (χ2v) is 2.78. The average molecular weight is 120 g/mol. The molecule has 0 N–H and O–H groups in total. The molecule has 0 aromatic carbocycles. The first kappa shape index (κ1) is 4.98. The summed E-state index contributed by atoms with van der Waals surface area (Å²) >= 11 is 0. The molecular formula is C8H8O. The fourth-order valence-corrected chi connectivity index (χ4v) is 1.41. The first-order valence-corrected chi connectivity index (χ1v) is 3.20. The minimum absolute atomic E-state index is 0.182. The fourth-order valence-electron chi connectivity index (χ4n) is 1.41. The van der Waals surface area contributed by atoms with Crippen molar-refractivity contribution >= 4 is 6.29 Å². The van der Waals surface area contributed by atoms with Crippen LogP contribution in [-0.2, 0) is 4.79 Å². The molecule has 0 aromatic heterocycles. The molecule has 1 heteroatoms. The maximum absolute atomic E-state index is 10.3. The normalized spacial score (nSPS) is 33.6. The minimum Gasteiger partial charge on any atom is -0.303 e. The summed E-state index contributed by atoms with van der Waals surface area (Å²) in [7, 11) is 0. The summed E-state index contributed by atoms with van der Waals surface area (Å²) in [4.78, 5) is 10.3. The number of hydrogen-bond donors (Lipinski definition) is 0. The van der Waals surface area contributed by atoms with Crippen molar-refractivity contribution < 1.29 is 4.79 Å². The summed E-state index contributed by atoms with van der Waals surface area (Å²) in [5.74, 6) is 0.285. The Morgan fingerprint density at radius 2 is 2.11 bits per heavy atom. The highest BCUT2D eigenvalue weighted by molar-refractivity contribution is 5.64. The summed E-state index contributed by atoms with van der Waals surface area (Å²) < 4.78 is 0. The predicted octanol–water partition coefficient (Wildman–Crippen LogP) is 1.32. The van der Waals surface area contributed by atoms with Gasteiger partial charge in [-0.25, -0.2) is 0 Å². The number of rotatable bonds is 1. The highest BCUT2D eigenvalue weighted by Crippen LogP contribution is 2.55. The number of aldehydes is 1. The number of hydrogen-bond acceptors (Lipinski definition) is 1. The molecule has 1 fully saturated rings. The van der Waals surface area contributed by atoms with Crippen molar-refractivity contribution in [2.75, 3.05) is 0 Å². The zero-order chi connectivity index (χ0) is 6.32. The van der Waals surface area contributed by atoms with Crippen LogP contribution in [0.5, 0.6) is 0 Å². The lowest BCUT2D eigenvalue weighted by Crippen LogP contribution is -1.92. The second-order valence-electron chi connectivity index (χ2n) is 2.78. The number of carbonyl (C=O) groups excluding carboxylic acids is 1. The van der Waals surface area contributed by atoms with E-state index >= 15 is 0 Å². The molecule has 0 heterocycles. The Morgan fingerprint density at radius 3 is 2.56 bits per heavy atom. The highest BCUT2D eigenvalue weighted by atomic mass is 16.1. The summed E-state index contributed by atoms with van der Waals surface area (Å²) in [5, 5.41) is 0. The molecule has 2 aliphatic carbocycles. The van der Waals surface area contributed by atoms with Crippen molar-refractivity contribution in [2.24, 2.45) is 11.3 Å². The van der Waals surface area contributed by atoms with E-state index in [2.05, 4.69) is 12.2 Å². The molecule has 0 radical (unpaired) electrons. The molecule has 2 aliphatic rings. The van der Waals surface area contributed by atoms with Crippen LogP contribution in [0.1, 0.15) is 6.42 Å². The molecule has 1 atom stereocenters.